The van der Waals surface area contributed by atoms with Gasteiger partial charge in [-0.25, -0.2) is 0 Å². The van der Waals surface area contributed by atoms with Gasteiger partial charge in [-0.1, -0.05) is 25.8 Å². The highest BCUT2D eigenvalue weighted by Crippen LogP contribution is 2.50. The van der Waals surface area contributed by atoms with Gasteiger partial charge < -0.3 is 0 Å². The number of unbranched alkanes of at least 4 members (excludes halogenated alkanes) is 2. The van der Waals surface area contributed by atoms with E-state index < -0.39 is 40.1 Å². The van der Waals surface area contributed by atoms with Crippen molar-refractivity contribution in [3.8, 4) is 0 Å². The quantitative estimate of drug-likeness (QED) is 0.432. The molecule has 140 valence electrons. The summed E-state index contributed by atoms with van der Waals surface area (Å²) in [5.41, 5.74) is 0. The minimum absolute atomic E-state index is 0.100. The number of pyridine rings is 1. The SMILES string of the molecule is CCCCCC(F)(F)C(F)(F)C(F)(F)S(=O)(=O)O.c1ccncc1. The van der Waals surface area contributed by atoms with Crippen LogP contribution < -0.4 is 0 Å². The first kappa shape index (κ1) is 22.6. The molecular weight excluding hydrogens is 364 g/mol. The fourth-order valence-corrected chi connectivity index (χ4v) is 1.91. The number of halogens is 6. The number of alkyl halides is 6. The Morgan fingerprint density at radius 2 is 1.46 bits per heavy atom. The van der Waals surface area contributed by atoms with Crippen LogP contribution in [0.3, 0.4) is 0 Å². The third-order valence-electron chi connectivity index (χ3n) is 2.81. The predicted octanol–water partition coefficient (Wildman–Crippen LogP) is 4.40. The summed E-state index contributed by atoms with van der Waals surface area (Å²) in [5, 5.41) is -6.24. The molecule has 1 heterocycles. The highest BCUT2D eigenvalue weighted by atomic mass is 32.2. The van der Waals surface area contributed by atoms with E-state index in [4.69, 9.17) is 4.55 Å². The molecule has 11 heteroatoms. The van der Waals surface area contributed by atoms with E-state index >= 15 is 0 Å². The Bertz CT molecular complexity index is 554. The maximum absolute atomic E-state index is 12.9. The minimum Gasteiger partial charge on any atom is -0.281 e. The van der Waals surface area contributed by atoms with E-state index in [0.29, 0.717) is 6.42 Å². The Morgan fingerprint density at radius 3 is 1.75 bits per heavy atom. The number of nitrogens with zero attached hydrogens (tertiary/aromatic N) is 1. The molecule has 0 unspecified atom stereocenters. The average molecular weight is 381 g/mol. The van der Waals surface area contributed by atoms with Crippen LogP contribution in [0.2, 0.25) is 0 Å². The van der Waals surface area contributed by atoms with Crippen LogP contribution in [0, 0.1) is 0 Å². The van der Waals surface area contributed by atoms with Crippen molar-refractivity contribution < 1.29 is 39.3 Å². The molecule has 0 spiro atoms. The first-order valence-electron chi connectivity index (χ1n) is 6.76. The number of aromatic nitrogens is 1. The molecule has 0 aliphatic carbocycles. The number of rotatable bonds is 7. The molecule has 1 rings (SSSR count). The molecule has 0 atom stereocenters. The van der Waals surface area contributed by atoms with E-state index in [0.717, 1.165) is 0 Å². The Labute approximate surface area is 135 Å². The van der Waals surface area contributed by atoms with Gasteiger partial charge in [0, 0.05) is 18.8 Å². The molecule has 0 saturated carbocycles. The molecule has 0 amide bonds. The Hall–Kier alpha value is -1.36. The smallest absolute Gasteiger partial charge is 0.281 e. The van der Waals surface area contributed by atoms with Crippen LogP contribution in [0.4, 0.5) is 26.3 Å². The van der Waals surface area contributed by atoms with Gasteiger partial charge in [-0.2, -0.15) is 34.8 Å². The fourth-order valence-electron chi connectivity index (χ4n) is 1.44. The van der Waals surface area contributed by atoms with Crippen molar-refractivity contribution >= 4 is 10.1 Å². The van der Waals surface area contributed by atoms with E-state index in [1.807, 2.05) is 18.2 Å². The highest BCUT2D eigenvalue weighted by molar-refractivity contribution is 7.87. The lowest BCUT2D eigenvalue weighted by Crippen LogP contribution is -2.57. The van der Waals surface area contributed by atoms with Crippen molar-refractivity contribution in [3.05, 3.63) is 30.6 Å². The van der Waals surface area contributed by atoms with E-state index in [-0.39, 0.29) is 6.42 Å². The lowest BCUT2D eigenvalue weighted by Gasteiger charge is -2.30. The average Bonchev–Trinajstić information content (AvgIpc) is 2.48. The monoisotopic (exact) mass is 381 g/mol. The summed E-state index contributed by atoms with van der Waals surface area (Å²) in [7, 11) is -6.64. The van der Waals surface area contributed by atoms with Crippen LogP contribution >= 0.6 is 0 Å². The first-order valence-corrected chi connectivity index (χ1v) is 8.20. The molecule has 1 N–H and O–H groups in total. The van der Waals surface area contributed by atoms with Gasteiger partial charge in [0.1, 0.15) is 0 Å². The molecule has 0 bridgehead atoms. The normalized spacial score (nSPS) is 13.2. The van der Waals surface area contributed by atoms with Gasteiger partial charge in [0.05, 0.1) is 0 Å². The van der Waals surface area contributed by atoms with Crippen molar-refractivity contribution in [2.45, 2.75) is 49.7 Å². The van der Waals surface area contributed by atoms with E-state index in [9.17, 15) is 34.8 Å². The van der Waals surface area contributed by atoms with Gasteiger partial charge in [-0.3, -0.25) is 9.54 Å². The van der Waals surface area contributed by atoms with Crippen molar-refractivity contribution in [3.63, 3.8) is 0 Å². The lowest BCUT2D eigenvalue weighted by molar-refractivity contribution is -0.282. The molecule has 0 radical (unpaired) electrons. The third kappa shape index (κ3) is 5.62. The number of hydrogen-bond acceptors (Lipinski definition) is 3. The molecular formula is C13H17F6NO3S. The molecule has 0 aromatic carbocycles. The van der Waals surface area contributed by atoms with Crippen LogP contribution in [-0.4, -0.2) is 35.1 Å². The molecule has 1 aromatic rings. The van der Waals surface area contributed by atoms with Crippen molar-refractivity contribution in [1.29, 1.82) is 0 Å². The van der Waals surface area contributed by atoms with Crippen LogP contribution in [0.25, 0.3) is 0 Å². The van der Waals surface area contributed by atoms with Gasteiger partial charge in [0.2, 0.25) is 0 Å². The van der Waals surface area contributed by atoms with Crippen LogP contribution in [0.1, 0.15) is 32.6 Å². The molecule has 0 saturated heterocycles. The maximum atomic E-state index is 12.9. The largest absolute Gasteiger partial charge is 0.437 e. The molecule has 1 aromatic heterocycles. The van der Waals surface area contributed by atoms with Gasteiger partial charge in [0.15, 0.2) is 0 Å². The summed E-state index contributed by atoms with van der Waals surface area (Å²) >= 11 is 0. The van der Waals surface area contributed by atoms with E-state index in [2.05, 4.69) is 4.98 Å². The summed E-state index contributed by atoms with van der Waals surface area (Å²) in [4.78, 5) is 3.78. The molecule has 0 aliphatic heterocycles. The first-order chi connectivity index (χ1) is 10.8. The van der Waals surface area contributed by atoms with Crippen LogP contribution in [-0.2, 0) is 10.1 Å². The Kier molecular flexibility index (Phi) is 8.16. The summed E-state index contributed by atoms with van der Waals surface area (Å²) in [6.07, 6.45) is 1.92. The molecule has 4 nitrogen and oxygen atoms in total. The van der Waals surface area contributed by atoms with Gasteiger partial charge in [-0.05, 0) is 18.6 Å². The van der Waals surface area contributed by atoms with Gasteiger partial charge >= 0.3 is 27.2 Å². The Balaban J connectivity index is 0.000000728. The van der Waals surface area contributed by atoms with E-state index in [1.165, 1.54) is 0 Å². The maximum Gasteiger partial charge on any atom is 0.437 e. The van der Waals surface area contributed by atoms with Gasteiger partial charge in [-0.15, -0.1) is 0 Å². The molecule has 0 fully saturated rings. The number of hydrogen-bond donors (Lipinski definition) is 1. The van der Waals surface area contributed by atoms with Crippen molar-refractivity contribution in [2.75, 3.05) is 0 Å². The topological polar surface area (TPSA) is 67.3 Å². The minimum atomic E-state index is -6.64. The zero-order chi connectivity index (χ0) is 19.1. The van der Waals surface area contributed by atoms with Crippen LogP contribution in [0.15, 0.2) is 30.6 Å². The third-order valence-corrected chi connectivity index (χ3v) is 3.71. The van der Waals surface area contributed by atoms with Crippen LogP contribution in [0.5, 0.6) is 0 Å². The summed E-state index contributed by atoms with van der Waals surface area (Å²) < 4.78 is 105. The second kappa shape index (κ2) is 8.65. The van der Waals surface area contributed by atoms with Crippen molar-refractivity contribution in [1.82, 2.24) is 4.98 Å². The predicted molar refractivity (Wildman–Crippen MR) is 74.8 cm³/mol. The molecule has 24 heavy (non-hydrogen) atoms. The zero-order valence-corrected chi connectivity index (χ0v) is 13.4. The van der Waals surface area contributed by atoms with Crippen molar-refractivity contribution in [2.24, 2.45) is 0 Å². The highest BCUT2D eigenvalue weighted by Gasteiger charge is 2.76. The summed E-state index contributed by atoms with van der Waals surface area (Å²) in [6, 6.07) is 5.72. The van der Waals surface area contributed by atoms with E-state index in [1.54, 1.807) is 19.3 Å². The second-order valence-corrected chi connectivity index (χ2v) is 6.22. The fraction of sp³-hybridized carbons (Fsp3) is 0.615. The second-order valence-electron chi connectivity index (χ2n) is 4.75. The summed E-state index contributed by atoms with van der Waals surface area (Å²) in [6.45, 7) is 1.57. The lowest BCUT2D eigenvalue weighted by atomic mass is 10.0. The summed E-state index contributed by atoms with van der Waals surface area (Å²) in [5.74, 6) is -11.4. The zero-order valence-electron chi connectivity index (χ0n) is 12.6. The molecule has 0 aliphatic rings. The van der Waals surface area contributed by atoms with Gasteiger partial charge in [0.25, 0.3) is 0 Å². The standard InChI is InChI=1S/C8H12F6O3S.C5H5N/c1-2-3-4-5-6(9,10)7(11,12)8(13,14)18(15,16)17;1-2-4-6-5-3-1/h2-5H2,1H3,(H,15,16,17);1-5H. The Morgan fingerprint density at radius 1 is 0.958 bits per heavy atom.